The summed E-state index contributed by atoms with van der Waals surface area (Å²) in [5, 5.41) is 10.1. The van der Waals surface area contributed by atoms with Gasteiger partial charge in [-0.05, 0) is 17.7 Å². The normalized spacial score (nSPS) is 12.8. The van der Waals surface area contributed by atoms with Crippen molar-refractivity contribution in [3.05, 3.63) is 69.4 Å². The van der Waals surface area contributed by atoms with E-state index in [9.17, 15) is 23.1 Å². The van der Waals surface area contributed by atoms with Crippen LogP contribution < -0.4 is 5.69 Å². The highest BCUT2D eigenvalue weighted by Gasteiger charge is 2.21. The maximum atomic E-state index is 13.7. The lowest BCUT2D eigenvalue weighted by molar-refractivity contribution is 0.208. The largest absolute Gasteiger partial charge is 0.383 e. The molecule has 0 aliphatic carbocycles. The van der Waals surface area contributed by atoms with Crippen LogP contribution in [-0.2, 0) is 0 Å². The standard InChI is InChI=1S/C14H9F3N2O2/c15-7-4-8(16)12(9(17)5-7)13(20)6-1-2-10-11(3-6)19-14(21)18-10/h1-5,13,20H,(H2,18,19,21). The van der Waals surface area contributed by atoms with Crippen molar-refractivity contribution in [1.29, 1.82) is 0 Å². The number of imidazole rings is 1. The van der Waals surface area contributed by atoms with Gasteiger partial charge in [-0.3, -0.25) is 0 Å². The second-order valence-electron chi connectivity index (χ2n) is 4.57. The summed E-state index contributed by atoms with van der Waals surface area (Å²) in [6.45, 7) is 0. The van der Waals surface area contributed by atoms with Gasteiger partial charge in [0.2, 0.25) is 0 Å². The number of aromatic amines is 2. The zero-order valence-corrected chi connectivity index (χ0v) is 10.5. The van der Waals surface area contributed by atoms with Crippen LogP contribution in [0.1, 0.15) is 17.2 Å². The molecule has 0 spiro atoms. The van der Waals surface area contributed by atoms with E-state index in [-0.39, 0.29) is 5.56 Å². The highest BCUT2D eigenvalue weighted by Crippen LogP contribution is 2.28. The van der Waals surface area contributed by atoms with Crippen molar-refractivity contribution in [3.8, 4) is 0 Å². The quantitative estimate of drug-likeness (QED) is 0.679. The van der Waals surface area contributed by atoms with E-state index in [4.69, 9.17) is 0 Å². The molecule has 21 heavy (non-hydrogen) atoms. The van der Waals surface area contributed by atoms with Crippen LogP contribution in [0.3, 0.4) is 0 Å². The average molecular weight is 294 g/mol. The summed E-state index contributed by atoms with van der Waals surface area (Å²) in [6, 6.07) is 5.29. The molecule has 0 radical (unpaired) electrons. The van der Waals surface area contributed by atoms with Gasteiger partial charge in [-0.15, -0.1) is 0 Å². The Labute approximate surface area is 115 Å². The Morgan fingerprint density at radius 2 is 1.57 bits per heavy atom. The third kappa shape index (κ3) is 2.31. The Morgan fingerprint density at radius 1 is 0.952 bits per heavy atom. The molecule has 108 valence electrons. The van der Waals surface area contributed by atoms with Crippen LogP contribution in [0.5, 0.6) is 0 Å². The van der Waals surface area contributed by atoms with E-state index in [0.29, 0.717) is 23.2 Å². The van der Waals surface area contributed by atoms with Gasteiger partial charge >= 0.3 is 5.69 Å². The van der Waals surface area contributed by atoms with Crippen molar-refractivity contribution in [3.63, 3.8) is 0 Å². The van der Waals surface area contributed by atoms with Crippen molar-refractivity contribution >= 4 is 11.0 Å². The Morgan fingerprint density at radius 3 is 2.24 bits per heavy atom. The molecule has 0 amide bonds. The van der Waals surface area contributed by atoms with Gasteiger partial charge in [-0.1, -0.05) is 6.07 Å². The fourth-order valence-electron chi connectivity index (χ4n) is 2.20. The number of fused-ring (bicyclic) bond motifs is 1. The third-order valence-corrected chi connectivity index (χ3v) is 3.17. The number of nitrogens with one attached hydrogen (secondary N) is 2. The van der Waals surface area contributed by atoms with E-state index in [1.165, 1.54) is 18.2 Å². The van der Waals surface area contributed by atoms with Gasteiger partial charge < -0.3 is 15.1 Å². The van der Waals surface area contributed by atoms with Gasteiger partial charge in [0.25, 0.3) is 0 Å². The molecule has 3 aromatic rings. The van der Waals surface area contributed by atoms with Gasteiger partial charge in [-0.2, -0.15) is 0 Å². The smallest absolute Gasteiger partial charge is 0.323 e. The van der Waals surface area contributed by atoms with Crippen molar-refractivity contribution < 1.29 is 18.3 Å². The van der Waals surface area contributed by atoms with Gasteiger partial charge in [0, 0.05) is 12.1 Å². The molecule has 1 atom stereocenters. The molecule has 0 aliphatic rings. The molecule has 3 N–H and O–H groups in total. The molecule has 2 aromatic carbocycles. The summed E-state index contributed by atoms with van der Waals surface area (Å²) in [5.41, 5.74) is -0.0259. The van der Waals surface area contributed by atoms with Crippen molar-refractivity contribution in [2.24, 2.45) is 0 Å². The van der Waals surface area contributed by atoms with Crippen LogP contribution in [0.4, 0.5) is 13.2 Å². The first-order valence-electron chi connectivity index (χ1n) is 6.00. The first kappa shape index (κ1) is 13.4. The summed E-state index contributed by atoms with van der Waals surface area (Å²) in [5.74, 6) is -3.42. The molecule has 0 saturated carbocycles. The topological polar surface area (TPSA) is 68.9 Å². The molecular weight excluding hydrogens is 285 g/mol. The lowest BCUT2D eigenvalue weighted by Crippen LogP contribution is -2.06. The fraction of sp³-hybridized carbons (Fsp3) is 0.0714. The first-order chi connectivity index (χ1) is 9.95. The summed E-state index contributed by atoms with van der Waals surface area (Å²) in [6.07, 6.45) is -1.62. The summed E-state index contributed by atoms with van der Waals surface area (Å²) >= 11 is 0. The maximum absolute atomic E-state index is 13.7. The Hall–Kier alpha value is -2.54. The van der Waals surface area contributed by atoms with Crippen LogP contribution >= 0.6 is 0 Å². The number of aromatic nitrogens is 2. The fourth-order valence-corrected chi connectivity index (χ4v) is 2.20. The minimum atomic E-state index is -1.62. The zero-order chi connectivity index (χ0) is 15.1. The van der Waals surface area contributed by atoms with Gasteiger partial charge in [-0.25, -0.2) is 18.0 Å². The van der Waals surface area contributed by atoms with Crippen LogP contribution in [0.2, 0.25) is 0 Å². The summed E-state index contributed by atoms with van der Waals surface area (Å²) < 4.78 is 40.2. The molecule has 1 aromatic heterocycles. The third-order valence-electron chi connectivity index (χ3n) is 3.17. The molecule has 1 heterocycles. The van der Waals surface area contributed by atoms with Crippen LogP contribution in [0.15, 0.2) is 35.1 Å². The Balaban J connectivity index is 2.11. The monoisotopic (exact) mass is 294 g/mol. The second kappa shape index (κ2) is 4.78. The highest BCUT2D eigenvalue weighted by molar-refractivity contribution is 5.75. The Kier molecular flexibility index (Phi) is 3.06. The second-order valence-corrected chi connectivity index (χ2v) is 4.57. The molecule has 0 bridgehead atoms. The number of aliphatic hydroxyl groups excluding tert-OH is 1. The molecule has 3 rings (SSSR count). The lowest BCUT2D eigenvalue weighted by Gasteiger charge is -2.13. The number of hydrogen-bond donors (Lipinski definition) is 3. The number of benzene rings is 2. The van der Waals surface area contributed by atoms with Crippen molar-refractivity contribution in [2.75, 3.05) is 0 Å². The number of H-pyrrole nitrogens is 2. The minimum absolute atomic E-state index is 0.169. The number of aliphatic hydroxyl groups is 1. The maximum Gasteiger partial charge on any atom is 0.323 e. The molecular formula is C14H9F3N2O2. The van der Waals surface area contributed by atoms with Gasteiger partial charge in [0.1, 0.15) is 23.6 Å². The first-order valence-corrected chi connectivity index (χ1v) is 6.00. The van der Waals surface area contributed by atoms with Gasteiger partial charge in [0.05, 0.1) is 16.6 Å². The predicted octanol–water partition coefficient (Wildman–Crippen LogP) is 2.36. The molecule has 4 nitrogen and oxygen atoms in total. The predicted molar refractivity (Wildman–Crippen MR) is 69.3 cm³/mol. The van der Waals surface area contributed by atoms with E-state index >= 15 is 0 Å². The van der Waals surface area contributed by atoms with Crippen LogP contribution in [-0.4, -0.2) is 15.1 Å². The van der Waals surface area contributed by atoms with E-state index in [0.717, 1.165) is 0 Å². The highest BCUT2D eigenvalue weighted by atomic mass is 19.1. The SMILES string of the molecule is O=c1[nH]c2ccc(C(O)c3c(F)cc(F)cc3F)cc2[nH]1. The summed E-state index contributed by atoms with van der Waals surface area (Å²) in [7, 11) is 0. The van der Waals surface area contributed by atoms with E-state index in [1.807, 2.05) is 0 Å². The van der Waals surface area contributed by atoms with E-state index in [1.54, 1.807) is 0 Å². The average Bonchev–Trinajstić information content (AvgIpc) is 2.76. The summed E-state index contributed by atoms with van der Waals surface area (Å²) in [4.78, 5) is 16.1. The number of hydrogen-bond acceptors (Lipinski definition) is 2. The molecule has 1 unspecified atom stereocenters. The molecule has 0 saturated heterocycles. The van der Waals surface area contributed by atoms with Crippen molar-refractivity contribution in [1.82, 2.24) is 9.97 Å². The van der Waals surface area contributed by atoms with E-state index in [2.05, 4.69) is 9.97 Å². The Bertz CT molecular complexity index is 862. The molecule has 0 aliphatic heterocycles. The molecule has 0 fully saturated rings. The van der Waals surface area contributed by atoms with Gasteiger partial charge in [0.15, 0.2) is 0 Å². The zero-order valence-electron chi connectivity index (χ0n) is 10.5. The number of rotatable bonds is 2. The lowest BCUT2D eigenvalue weighted by atomic mass is 10.00. The molecule has 7 heteroatoms. The van der Waals surface area contributed by atoms with Crippen molar-refractivity contribution in [2.45, 2.75) is 6.10 Å². The minimum Gasteiger partial charge on any atom is -0.383 e. The van der Waals surface area contributed by atoms with E-state index < -0.39 is 34.8 Å². The van der Waals surface area contributed by atoms with Crippen LogP contribution in [0.25, 0.3) is 11.0 Å². The number of halogens is 3. The van der Waals surface area contributed by atoms with Crippen LogP contribution in [0, 0.1) is 17.5 Å².